The average Bonchev–Trinajstić information content (AvgIpc) is 2.34. The molecule has 0 fully saturated rings. The van der Waals surface area contributed by atoms with Crippen molar-refractivity contribution in [3.63, 3.8) is 0 Å². The molecule has 1 aromatic rings. The van der Waals surface area contributed by atoms with E-state index in [1.807, 2.05) is 5.43 Å². The fraction of sp³-hybridized carbons (Fsp3) is 0.182. The number of carbonyl (C=O) groups excluding carboxylic acids is 2. The third kappa shape index (κ3) is 3.21. The minimum absolute atomic E-state index is 0.0519. The van der Waals surface area contributed by atoms with Crippen LogP contribution in [0.25, 0.3) is 0 Å². The van der Waals surface area contributed by atoms with Crippen LogP contribution in [0.3, 0.4) is 0 Å². The van der Waals surface area contributed by atoms with Crippen LogP contribution in [-0.2, 0) is 9.59 Å². The largest absolute Gasteiger partial charge is 0.507 e. The van der Waals surface area contributed by atoms with Gasteiger partial charge in [-0.2, -0.15) is 5.10 Å². The number of benzene rings is 1. The van der Waals surface area contributed by atoms with Crippen molar-refractivity contribution in [1.29, 1.82) is 0 Å². The van der Waals surface area contributed by atoms with Crippen LogP contribution < -0.4 is 15.9 Å². The minimum Gasteiger partial charge on any atom is -0.507 e. The van der Waals surface area contributed by atoms with E-state index in [4.69, 9.17) is 10.5 Å². The zero-order valence-corrected chi connectivity index (χ0v) is 9.93. The number of nitrogens with one attached hydrogen (secondary N) is 1. The molecule has 1 aromatic carbocycles. The van der Waals surface area contributed by atoms with E-state index in [9.17, 15) is 14.7 Å². The Labute approximate surface area is 103 Å². The Morgan fingerprint density at radius 3 is 2.61 bits per heavy atom. The predicted molar refractivity (Wildman–Crippen MR) is 64.2 cm³/mol. The van der Waals surface area contributed by atoms with Gasteiger partial charge in [-0.1, -0.05) is 0 Å². The van der Waals surface area contributed by atoms with E-state index in [0.717, 1.165) is 0 Å². The van der Waals surface area contributed by atoms with Gasteiger partial charge in [0, 0.05) is 11.6 Å². The Balaban J connectivity index is 2.90. The molecule has 7 nitrogen and oxygen atoms in total. The maximum Gasteiger partial charge on any atom is 0.329 e. The van der Waals surface area contributed by atoms with Crippen molar-refractivity contribution in [3.05, 3.63) is 23.8 Å². The van der Waals surface area contributed by atoms with E-state index in [1.165, 1.54) is 13.2 Å². The fourth-order valence-electron chi connectivity index (χ4n) is 1.19. The van der Waals surface area contributed by atoms with E-state index in [2.05, 4.69) is 5.10 Å². The molecule has 0 bridgehead atoms. The normalized spacial score (nSPS) is 10.9. The number of hydrogen-bond donors (Lipinski definition) is 3. The molecule has 0 spiro atoms. The van der Waals surface area contributed by atoms with Crippen LogP contribution in [0.15, 0.2) is 23.3 Å². The van der Waals surface area contributed by atoms with Crippen molar-refractivity contribution in [2.24, 2.45) is 10.8 Å². The highest BCUT2D eigenvalue weighted by Gasteiger charge is 2.09. The van der Waals surface area contributed by atoms with Gasteiger partial charge < -0.3 is 15.6 Å². The lowest BCUT2D eigenvalue weighted by Crippen LogP contribution is -2.33. The highest BCUT2D eigenvalue weighted by Crippen LogP contribution is 2.23. The van der Waals surface area contributed by atoms with Gasteiger partial charge in [0.15, 0.2) is 0 Å². The summed E-state index contributed by atoms with van der Waals surface area (Å²) in [5.74, 6) is -1.72. The zero-order chi connectivity index (χ0) is 13.7. The van der Waals surface area contributed by atoms with Gasteiger partial charge in [0.1, 0.15) is 11.5 Å². The number of aromatic hydroxyl groups is 1. The van der Waals surface area contributed by atoms with Gasteiger partial charge in [0.25, 0.3) is 0 Å². The van der Waals surface area contributed by atoms with E-state index in [0.29, 0.717) is 17.0 Å². The summed E-state index contributed by atoms with van der Waals surface area (Å²) in [6.45, 7) is 1.56. The number of hydrogen-bond acceptors (Lipinski definition) is 5. The van der Waals surface area contributed by atoms with Crippen LogP contribution >= 0.6 is 0 Å². The first-order valence-corrected chi connectivity index (χ1v) is 4.97. The summed E-state index contributed by atoms with van der Waals surface area (Å²) in [7, 11) is 1.47. The molecule has 0 radical (unpaired) electrons. The van der Waals surface area contributed by atoms with Gasteiger partial charge >= 0.3 is 11.8 Å². The number of phenolic OH excluding ortho intramolecular Hbond substituents is 1. The highest BCUT2D eigenvalue weighted by atomic mass is 16.5. The molecule has 0 aliphatic heterocycles. The van der Waals surface area contributed by atoms with Crippen molar-refractivity contribution in [2.45, 2.75) is 6.92 Å². The minimum atomic E-state index is -1.13. The first kappa shape index (κ1) is 13.5. The molecule has 2 amide bonds. The zero-order valence-electron chi connectivity index (χ0n) is 9.93. The lowest BCUT2D eigenvalue weighted by Gasteiger charge is -2.06. The second kappa shape index (κ2) is 5.67. The second-order valence-electron chi connectivity index (χ2n) is 3.39. The molecule has 0 aromatic heterocycles. The summed E-state index contributed by atoms with van der Waals surface area (Å²) in [4.78, 5) is 21.4. The summed E-state index contributed by atoms with van der Waals surface area (Å²) in [5.41, 5.74) is 7.44. The molecule has 7 heteroatoms. The number of rotatable bonds is 3. The lowest BCUT2D eigenvalue weighted by molar-refractivity contribution is -0.137. The Bertz CT molecular complexity index is 511. The first-order valence-electron chi connectivity index (χ1n) is 4.97. The first-order chi connectivity index (χ1) is 8.45. The second-order valence-corrected chi connectivity index (χ2v) is 3.39. The van der Waals surface area contributed by atoms with Crippen molar-refractivity contribution in [2.75, 3.05) is 7.11 Å². The number of nitrogens with zero attached hydrogens (tertiary/aromatic N) is 1. The SMILES string of the molecule is COc1ccc(/C(C)=N/NC(=O)C(N)=O)c(O)c1. The quantitative estimate of drug-likeness (QED) is 0.389. The van der Waals surface area contributed by atoms with Crippen LogP contribution in [0.2, 0.25) is 0 Å². The predicted octanol–water partition coefficient (Wildman–Crippen LogP) is -0.274. The molecule has 0 atom stereocenters. The van der Waals surface area contributed by atoms with Crippen LogP contribution in [0, 0.1) is 0 Å². The molecule has 0 heterocycles. The molecule has 0 saturated heterocycles. The lowest BCUT2D eigenvalue weighted by atomic mass is 10.1. The molecular weight excluding hydrogens is 238 g/mol. The van der Waals surface area contributed by atoms with Crippen LogP contribution in [0.4, 0.5) is 0 Å². The van der Waals surface area contributed by atoms with E-state index < -0.39 is 11.8 Å². The van der Waals surface area contributed by atoms with Crippen molar-refractivity contribution >= 4 is 17.5 Å². The molecule has 4 N–H and O–H groups in total. The van der Waals surface area contributed by atoms with Gasteiger partial charge in [-0.05, 0) is 19.1 Å². The number of primary amides is 1. The number of phenols is 1. The standard InChI is InChI=1S/C11H13N3O4/c1-6(13-14-11(17)10(12)16)8-4-3-7(18-2)5-9(8)15/h3-5,15H,1-2H3,(H2,12,16)(H,14,17)/b13-6+. The summed E-state index contributed by atoms with van der Waals surface area (Å²) in [6.07, 6.45) is 0. The molecule has 0 unspecified atom stereocenters. The van der Waals surface area contributed by atoms with Gasteiger partial charge in [-0.15, -0.1) is 0 Å². The number of hydrazone groups is 1. The Hall–Kier alpha value is -2.57. The molecule has 1 rings (SSSR count). The molecular formula is C11H13N3O4. The summed E-state index contributed by atoms with van der Waals surface area (Å²) in [6, 6.07) is 4.61. The molecule has 0 aliphatic rings. The van der Waals surface area contributed by atoms with E-state index in [1.54, 1.807) is 19.1 Å². The van der Waals surface area contributed by atoms with Gasteiger partial charge in [-0.25, -0.2) is 5.43 Å². The average molecular weight is 251 g/mol. The molecule has 0 saturated carbocycles. The number of ether oxygens (including phenoxy) is 1. The van der Waals surface area contributed by atoms with Crippen molar-refractivity contribution in [1.82, 2.24) is 5.43 Å². The molecule has 0 aliphatic carbocycles. The van der Waals surface area contributed by atoms with Crippen molar-refractivity contribution in [3.8, 4) is 11.5 Å². The monoisotopic (exact) mass is 251 g/mol. The van der Waals surface area contributed by atoms with E-state index in [-0.39, 0.29) is 5.75 Å². The maximum atomic E-state index is 10.9. The third-order valence-electron chi connectivity index (χ3n) is 2.14. The summed E-state index contributed by atoms with van der Waals surface area (Å²) >= 11 is 0. The fourth-order valence-corrected chi connectivity index (χ4v) is 1.19. The highest BCUT2D eigenvalue weighted by molar-refractivity contribution is 6.34. The summed E-state index contributed by atoms with van der Waals surface area (Å²) in [5, 5.41) is 13.3. The van der Waals surface area contributed by atoms with E-state index >= 15 is 0 Å². The van der Waals surface area contributed by atoms with Crippen LogP contribution in [-0.4, -0.2) is 29.7 Å². The van der Waals surface area contributed by atoms with Gasteiger partial charge in [0.2, 0.25) is 0 Å². The number of amides is 2. The Kier molecular flexibility index (Phi) is 4.25. The Morgan fingerprint density at radius 1 is 1.44 bits per heavy atom. The summed E-state index contributed by atoms with van der Waals surface area (Å²) < 4.78 is 4.93. The van der Waals surface area contributed by atoms with Crippen LogP contribution in [0.1, 0.15) is 12.5 Å². The smallest absolute Gasteiger partial charge is 0.329 e. The topological polar surface area (TPSA) is 114 Å². The number of methoxy groups -OCH3 is 1. The van der Waals surface area contributed by atoms with Gasteiger partial charge in [-0.3, -0.25) is 9.59 Å². The van der Waals surface area contributed by atoms with Gasteiger partial charge in [0.05, 0.1) is 12.8 Å². The third-order valence-corrected chi connectivity index (χ3v) is 2.14. The maximum absolute atomic E-state index is 10.9. The molecule has 96 valence electrons. The van der Waals surface area contributed by atoms with Crippen molar-refractivity contribution < 1.29 is 19.4 Å². The number of nitrogens with two attached hydrogens (primary N) is 1. The van der Waals surface area contributed by atoms with Crippen LogP contribution in [0.5, 0.6) is 11.5 Å². The number of carbonyl (C=O) groups is 2. The molecule has 18 heavy (non-hydrogen) atoms. The Morgan fingerprint density at radius 2 is 2.11 bits per heavy atom.